The SMILES string of the molecule is Cc1nc(CCNc2cnn(-c3ccccc3)c(=O)c2Cl)cs1. The lowest BCUT2D eigenvalue weighted by Crippen LogP contribution is -2.23. The van der Waals surface area contributed by atoms with Gasteiger partial charge >= 0.3 is 0 Å². The van der Waals surface area contributed by atoms with Gasteiger partial charge in [0.15, 0.2) is 0 Å². The summed E-state index contributed by atoms with van der Waals surface area (Å²) in [6.45, 7) is 2.62. The Morgan fingerprint density at radius 3 is 2.78 bits per heavy atom. The molecule has 2 heterocycles. The van der Waals surface area contributed by atoms with Gasteiger partial charge in [-0.25, -0.2) is 4.98 Å². The first-order chi connectivity index (χ1) is 11.1. The first-order valence-corrected chi connectivity index (χ1v) is 8.39. The number of nitrogens with one attached hydrogen (secondary N) is 1. The molecule has 0 unspecified atom stereocenters. The van der Waals surface area contributed by atoms with Crippen molar-refractivity contribution in [2.24, 2.45) is 0 Å². The fourth-order valence-corrected chi connectivity index (χ4v) is 3.00. The summed E-state index contributed by atoms with van der Waals surface area (Å²) in [5.74, 6) is 0. The molecule has 1 aromatic carbocycles. The molecule has 0 saturated heterocycles. The van der Waals surface area contributed by atoms with E-state index in [1.165, 1.54) is 4.68 Å². The van der Waals surface area contributed by atoms with E-state index in [0.29, 0.717) is 17.9 Å². The quantitative estimate of drug-likeness (QED) is 0.770. The number of anilines is 1. The number of nitrogens with zero attached hydrogens (tertiary/aromatic N) is 3. The first kappa shape index (κ1) is 15.7. The monoisotopic (exact) mass is 346 g/mol. The molecule has 0 radical (unpaired) electrons. The van der Waals surface area contributed by atoms with E-state index in [1.54, 1.807) is 17.5 Å². The first-order valence-electron chi connectivity index (χ1n) is 7.13. The molecule has 0 fully saturated rings. The highest BCUT2D eigenvalue weighted by molar-refractivity contribution is 7.09. The molecule has 0 spiro atoms. The summed E-state index contributed by atoms with van der Waals surface area (Å²) < 4.78 is 1.29. The van der Waals surface area contributed by atoms with Crippen molar-refractivity contribution in [3.8, 4) is 5.69 Å². The largest absolute Gasteiger partial charge is 0.382 e. The second kappa shape index (κ2) is 6.93. The minimum Gasteiger partial charge on any atom is -0.382 e. The van der Waals surface area contributed by atoms with Gasteiger partial charge in [-0.1, -0.05) is 29.8 Å². The van der Waals surface area contributed by atoms with E-state index in [1.807, 2.05) is 42.6 Å². The van der Waals surface area contributed by atoms with E-state index in [-0.39, 0.29) is 10.6 Å². The summed E-state index contributed by atoms with van der Waals surface area (Å²) in [6, 6.07) is 9.19. The zero-order valence-electron chi connectivity index (χ0n) is 12.5. The number of thiazole rings is 1. The van der Waals surface area contributed by atoms with Crippen LogP contribution < -0.4 is 10.9 Å². The van der Waals surface area contributed by atoms with Crippen LogP contribution in [0.25, 0.3) is 5.69 Å². The smallest absolute Gasteiger partial charge is 0.292 e. The maximum atomic E-state index is 12.3. The van der Waals surface area contributed by atoms with Crippen LogP contribution in [0.2, 0.25) is 5.02 Å². The number of benzene rings is 1. The normalized spacial score (nSPS) is 10.7. The van der Waals surface area contributed by atoms with Crippen molar-refractivity contribution >= 4 is 28.6 Å². The third-order valence-electron chi connectivity index (χ3n) is 3.28. The Labute approximate surface area is 142 Å². The van der Waals surface area contributed by atoms with E-state index >= 15 is 0 Å². The lowest BCUT2D eigenvalue weighted by atomic mass is 10.3. The Bertz CT molecular complexity index is 860. The fraction of sp³-hybridized carbons (Fsp3) is 0.188. The van der Waals surface area contributed by atoms with Gasteiger partial charge in [0, 0.05) is 18.3 Å². The molecule has 0 amide bonds. The second-order valence-electron chi connectivity index (χ2n) is 4.96. The third-order valence-corrected chi connectivity index (χ3v) is 4.47. The van der Waals surface area contributed by atoms with Crippen LogP contribution in [0, 0.1) is 6.92 Å². The topological polar surface area (TPSA) is 59.8 Å². The van der Waals surface area contributed by atoms with Gasteiger partial charge < -0.3 is 5.32 Å². The van der Waals surface area contributed by atoms with Crippen LogP contribution in [0.4, 0.5) is 5.69 Å². The number of hydrogen-bond donors (Lipinski definition) is 1. The van der Waals surface area contributed by atoms with Gasteiger partial charge in [0.1, 0.15) is 5.02 Å². The summed E-state index contributed by atoms with van der Waals surface area (Å²) in [5, 5.41) is 10.5. The molecule has 118 valence electrons. The van der Waals surface area contributed by atoms with Gasteiger partial charge in [-0.2, -0.15) is 9.78 Å². The van der Waals surface area contributed by atoms with E-state index in [0.717, 1.165) is 17.1 Å². The van der Waals surface area contributed by atoms with E-state index < -0.39 is 0 Å². The highest BCUT2D eigenvalue weighted by Gasteiger charge is 2.10. The predicted molar refractivity (Wildman–Crippen MR) is 93.9 cm³/mol. The number of aryl methyl sites for hydroxylation is 1. The van der Waals surface area contributed by atoms with Crippen molar-refractivity contribution in [1.29, 1.82) is 0 Å². The number of halogens is 1. The molecule has 0 aliphatic heterocycles. The number of rotatable bonds is 5. The summed E-state index contributed by atoms with van der Waals surface area (Å²) in [5.41, 5.74) is 1.91. The molecule has 3 rings (SSSR count). The fourth-order valence-electron chi connectivity index (χ4n) is 2.16. The average Bonchev–Trinajstić information content (AvgIpc) is 2.98. The maximum Gasteiger partial charge on any atom is 0.292 e. The second-order valence-corrected chi connectivity index (χ2v) is 6.40. The molecule has 0 aliphatic carbocycles. The van der Waals surface area contributed by atoms with Crippen molar-refractivity contribution in [2.45, 2.75) is 13.3 Å². The Hall–Kier alpha value is -2.18. The van der Waals surface area contributed by atoms with Gasteiger partial charge in [-0.3, -0.25) is 4.79 Å². The molecular formula is C16H15ClN4OS. The highest BCUT2D eigenvalue weighted by atomic mass is 35.5. The highest BCUT2D eigenvalue weighted by Crippen LogP contribution is 2.17. The Morgan fingerprint density at radius 2 is 2.09 bits per heavy atom. The van der Waals surface area contributed by atoms with Gasteiger partial charge in [-0.15, -0.1) is 11.3 Å². The van der Waals surface area contributed by atoms with Crippen molar-refractivity contribution in [1.82, 2.24) is 14.8 Å². The summed E-state index contributed by atoms with van der Waals surface area (Å²) in [6.07, 6.45) is 2.34. The van der Waals surface area contributed by atoms with Crippen LogP contribution in [0.5, 0.6) is 0 Å². The van der Waals surface area contributed by atoms with Gasteiger partial charge in [0.05, 0.1) is 28.3 Å². The lowest BCUT2D eigenvalue weighted by Gasteiger charge is -2.09. The Kier molecular flexibility index (Phi) is 4.73. The summed E-state index contributed by atoms with van der Waals surface area (Å²) in [4.78, 5) is 16.7. The number of para-hydroxylation sites is 1. The van der Waals surface area contributed by atoms with Crippen molar-refractivity contribution in [3.63, 3.8) is 0 Å². The average molecular weight is 347 g/mol. The number of hydrogen-bond acceptors (Lipinski definition) is 5. The third kappa shape index (κ3) is 3.60. The molecule has 0 bridgehead atoms. The minimum absolute atomic E-state index is 0.137. The molecule has 7 heteroatoms. The van der Waals surface area contributed by atoms with Gasteiger partial charge in [0.2, 0.25) is 0 Å². The molecular weight excluding hydrogens is 332 g/mol. The molecule has 0 aliphatic rings. The van der Waals surface area contributed by atoms with Crippen LogP contribution in [-0.2, 0) is 6.42 Å². The van der Waals surface area contributed by atoms with Crippen molar-refractivity contribution < 1.29 is 0 Å². The maximum absolute atomic E-state index is 12.3. The van der Waals surface area contributed by atoms with Crippen LogP contribution in [0.15, 0.2) is 46.7 Å². The molecule has 2 aromatic heterocycles. The molecule has 0 atom stereocenters. The zero-order chi connectivity index (χ0) is 16.2. The van der Waals surface area contributed by atoms with Gasteiger partial charge in [0.25, 0.3) is 5.56 Å². The van der Waals surface area contributed by atoms with Crippen LogP contribution in [0.1, 0.15) is 10.7 Å². The van der Waals surface area contributed by atoms with Crippen LogP contribution in [-0.4, -0.2) is 21.3 Å². The van der Waals surface area contributed by atoms with Crippen LogP contribution in [0.3, 0.4) is 0 Å². The Morgan fingerprint density at radius 1 is 1.30 bits per heavy atom. The molecule has 23 heavy (non-hydrogen) atoms. The van der Waals surface area contributed by atoms with Crippen molar-refractivity contribution in [2.75, 3.05) is 11.9 Å². The summed E-state index contributed by atoms with van der Waals surface area (Å²) >= 11 is 7.81. The molecule has 5 nitrogen and oxygen atoms in total. The molecule has 0 saturated carbocycles. The van der Waals surface area contributed by atoms with Crippen LogP contribution >= 0.6 is 22.9 Å². The zero-order valence-corrected chi connectivity index (χ0v) is 14.1. The van der Waals surface area contributed by atoms with E-state index in [2.05, 4.69) is 15.4 Å². The lowest BCUT2D eigenvalue weighted by molar-refractivity contribution is 0.806. The van der Waals surface area contributed by atoms with E-state index in [4.69, 9.17) is 11.6 Å². The Balaban J connectivity index is 1.74. The van der Waals surface area contributed by atoms with Gasteiger partial charge in [-0.05, 0) is 19.1 Å². The minimum atomic E-state index is -0.340. The standard InChI is InChI=1S/C16H15ClN4OS/c1-11-20-12(10-23-11)7-8-18-14-9-19-21(16(22)15(14)17)13-5-3-2-4-6-13/h2-6,9-10,18H,7-8H2,1H3. The number of aromatic nitrogens is 3. The summed E-state index contributed by atoms with van der Waals surface area (Å²) in [7, 11) is 0. The molecule has 3 aromatic rings. The van der Waals surface area contributed by atoms with Crippen molar-refractivity contribution in [3.05, 3.63) is 68.0 Å². The predicted octanol–water partition coefficient (Wildman–Crippen LogP) is 3.31. The van der Waals surface area contributed by atoms with E-state index in [9.17, 15) is 4.79 Å². The molecule has 1 N–H and O–H groups in total.